The summed E-state index contributed by atoms with van der Waals surface area (Å²) >= 11 is 0. The quantitative estimate of drug-likeness (QED) is 0.560. The third-order valence-electron chi connectivity index (χ3n) is 1.56. The van der Waals surface area contributed by atoms with E-state index in [-0.39, 0.29) is 0 Å². The highest BCUT2D eigenvalue weighted by Crippen LogP contribution is 2.01. The molecule has 1 heterocycles. The van der Waals surface area contributed by atoms with Crippen molar-refractivity contribution < 1.29 is 0 Å². The molecule has 0 amide bonds. The molecular formula is C7H11N2P. The Kier molecular flexibility index (Phi) is 2.34. The van der Waals surface area contributed by atoms with Crippen LogP contribution in [0.2, 0.25) is 0 Å². The molecule has 10 heavy (non-hydrogen) atoms. The molecule has 2 nitrogen and oxygen atoms in total. The van der Waals surface area contributed by atoms with Crippen molar-refractivity contribution in [3.63, 3.8) is 0 Å². The predicted molar refractivity (Wildman–Crippen MR) is 45.5 cm³/mol. The molecule has 0 saturated heterocycles. The van der Waals surface area contributed by atoms with Crippen molar-refractivity contribution in [3.8, 4) is 0 Å². The number of rotatable bonds is 1. The van der Waals surface area contributed by atoms with Crippen LogP contribution in [-0.4, -0.2) is 9.97 Å². The Labute approximate surface area is 63.3 Å². The molecule has 0 aliphatic rings. The second-order valence-corrected chi connectivity index (χ2v) is 2.73. The summed E-state index contributed by atoms with van der Waals surface area (Å²) in [5.74, 6) is 0. The van der Waals surface area contributed by atoms with Crippen molar-refractivity contribution in [2.75, 3.05) is 0 Å². The zero-order chi connectivity index (χ0) is 7.56. The predicted octanol–water partition coefficient (Wildman–Crippen LogP) is 0.848. The Morgan fingerprint density at radius 3 is 2.70 bits per heavy atom. The van der Waals surface area contributed by atoms with Crippen LogP contribution in [0.3, 0.4) is 0 Å². The SMILES string of the molecule is CCc1ncnc(P)c1C. The van der Waals surface area contributed by atoms with Crippen LogP contribution in [0.1, 0.15) is 18.2 Å². The third kappa shape index (κ3) is 1.32. The van der Waals surface area contributed by atoms with Gasteiger partial charge in [0.25, 0.3) is 0 Å². The summed E-state index contributed by atoms with van der Waals surface area (Å²) < 4.78 is 0. The van der Waals surface area contributed by atoms with Crippen LogP contribution in [0.4, 0.5) is 0 Å². The molecule has 54 valence electrons. The second kappa shape index (κ2) is 3.07. The van der Waals surface area contributed by atoms with E-state index in [4.69, 9.17) is 0 Å². The fraction of sp³-hybridized carbons (Fsp3) is 0.429. The molecule has 0 aromatic carbocycles. The van der Waals surface area contributed by atoms with Gasteiger partial charge in [-0.3, -0.25) is 0 Å². The second-order valence-electron chi connectivity index (χ2n) is 2.18. The summed E-state index contributed by atoms with van der Waals surface area (Å²) in [5.41, 5.74) is 3.34. The van der Waals surface area contributed by atoms with Gasteiger partial charge in [-0.15, -0.1) is 0 Å². The number of hydrogen-bond donors (Lipinski definition) is 0. The highest BCUT2D eigenvalue weighted by atomic mass is 31.0. The lowest BCUT2D eigenvalue weighted by atomic mass is 10.2. The minimum atomic E-state index is 0.982. The van der Waals surface area contributed by atoms with Gasteiger partial charge in [0.05, 0.1) is 5.44 Å². The smallest absolute Gasteiger partial charge is 0.116 e. The monoisotopic (exact) mass is 154 g/mol. The van der Waals surface area contributed by atoms with Crippen LogP contribution >= 0.6 is 9.24 Å². The van der Waals surface area contributed by atoms with E-state index in [1.54, 1.807) is 6.33 Å². The summed E-state index contributed by atoms with van der Waals surface area (Å²) in [6.07, 6.45) is 2.59. The van der Waals surface area contributed by atoms with Crippen molar-refractivity contribution in [2.45, 2.75) is 20.3 Å². The van der Waals surface area contributed by atoms with Gasteiger partial charge < -0.3 is 0 Å². The number of nitrogens with zero attached hydrogens (tertiary/aromatic N) is 2. The first-order chi connectivity index (χ1) is 4.75. The van der Waals surface area contributed by atoms with E-state index in [2.05, 4.69) is 26.1 Å². The number of aromatic nitrogens is 2. The molecule has 1 unspecified atom stereocenters. The average molecular weight is 154 g/mol. The van der Waals surface area contributed by atoms with Gasteiger partial charge in [0.15, 0.2) is 0 Å². The molecular weight excluding hydrogens is 143 g/mol. The summed E-state index contributed by atoms with van der Waals surface area (Å²) in [6, 6.07) is 0. The van der Waals surface area contributed by atoms with Crippen LogP contribution in [-0.2, 0) is 6.42 Å². The molecule has 0 aliphatic carbocycles. The lowest BCUT2D eigenvalue weighted by Gasteiger charge is -2.01. The van der Waals surface area contributed by atoms with Crippen molar-refractivity contribution in [3.05, 3.63) is 17.6 Å². The van der Waals surface area contributed by atoms with E-state index >= 15 is 0 Å². The summed E-state index contributed by atoms with van der Waals surface area (Å²) in [6.45, 7) is 4.14. The van der Waals surface area contributed by atoms with E-state index in [0.29, 0.717) is 0 Å². The molecule has 1 aromatic rings. The molecule has 0 fully saturated rings. The van der Waals surface area contributed by atoms with E-state index in [1.165, 1.54) is 5.56 Å². The van der Waals surface area contributed by atoms with Crippen LogP contribution in [0, 0.1) is 6.92 Å². The number of hydrogen-bond acceptors (Lipinski definition) is 2. The lowest BCUT2D eigenvalue weighted by molar-refractivity contribution is 0.984. The normalized spacial score (nSPS) is 9.90. The van der Waals surface area contributed by atoms with E-state index in [9.17, 15) is 0 Å². The molecule has 3 heteroatoms. The molecule has 0 saturated carbocycles. The lowest BCUT2D eigenvalue weighted by Crippen LogP contribution is -2.07. The zero-order valence-corrected chi connectivity index (χ0v) is 7.41. The summed E-state index contributed by atoms with van der Waals surface area (Å²) in [4.78, 5) is 8.17. The first-order valence-corrected chi connectivity index (χ1v) is 3.89. The minimum Gasteiger partial charge on any atom is -0.241 e. The maximum Gasteiger partial charge on any atom is 0.116 e. The minimum absolute atomic E-state index is 0.982. The molecule has 1 atom stereocenters. The first-order valence-electron chi connectivity index (χ1n) is 3.31. The van der Waals surface area contributed by atoms with Gasteiger partial charge in [0, 0.05) is 5.69 Å². The van der Waals surface area contributed by atoms with Crippen LogP contribution in [0.15, 0.2) is 6.33 Å². The first kappa shape index (κ1) is 7.62. The Bertz CT molecular complexity index is 235. The van der Waals surface area contributed by atoms with Gasteiger partial charge in [-0.05, 0) is 18.9 Å². The standard InChI is InChI=1S/C7H11N2P/c1-3-6-5(2)7(10)9-4-8-6/h4H,3,10H2,1-2H3. The Morgan fingerprint density at radius 2 is 2.20 bits per heavy atom. The third-order valence-corrected chi connectivity index (χ3v) is 2.14. The topological polar surface area (TPSA) is 25.8 Å². The molecule has 0 radical (unpaired) electrons. The van der Waals surface area contributed by atoms with Gasteiger partial charge in [0.1, 0.15) is 6.33 Å². The maximum absolute atomic E-state index is 4.13. The summed E-state index contributed by atoms with van der Waals surface area (Å²) in [7, 11) is 2.60. The van der Waals surface area contributed by atoms with Gasteiger partial charge in [-0.2, -0.15) is 0 Å². The van der Waals surface area contributed by atoms with Gasteiger partial charge in [-0.25, -0.2) is 9.97 Å². The van der Waals surface area contributed by atoms with Crippen molar-refractivity contribution in [2.24, 2.45) is 0 Å². The Balaban J connectivity index is 3.14. The van der Waals surface area contributed by atoms with Gasteiger partial charge in [0.2, 0.25) is 0 Å². The Hall–Kier alpha value is -0.490. The largest absolute Gasteiger partial charge is 0.241 e. The van der Waals surface area contributed by atoms with Crippen LogP contribution in [0.25, 0.3) is 0 Å². The molecule has 0 N–H and O–H groups in total. The van der Waals surface area contributed by atoms with Crippen molar-refractivity contribution in [1.82, 2.24) is 9.97 Å². The molecule has 1 rings (SSSR count). The van der Waals surface area contributed by atoms with E-state index in [1.807, 2.05) is 6.92 Å². The highest BCUT2D eigenvalue weighted by molar-refractivity contribution is 7.27. The molecule has 0 bridgehead atoms. The zero-order valence-electron chi connectivity index (χ0n) is 6.26. The van der Waals surface area contributed by atoms with E-state index < -0.39 is 0 Å². The Morgan fingerprint density at radius 1 is 1.50 bits per heavy atom. The molecule has 0 spiro atoms. The van der Waals surface area contributed by atoms with E-state index in [0.717, 1.165) is 17.5 Å². The maximum atomic E-state index is 4.13. The fourth-order valence-corrected chi connectivity index (χ4v) is 1.09. The summed E-state index contributed by atoms with van der Waals surface area (Å²) in [5, 5.41) is 0. The highest BCUT2D eigenvalue weighted by Gasteiger charge is 1.98. The van der Waals surface area contributed by atoms with Crippen LogP contribution < -0.4 is 5.44 Å². The average Bonchev–Trinajstić information content (AvgIpc) is 1.95. The van der Waals surface area contributed by atoms with Crippen LogP contribution in [0.5, 0.6) is 0 Å². The van der Waals surface area contributed by atoms with Crippen molar-refractivity contribution in [1.29, 1.82) is 0 Å². The van der Waals surface area contributed by atoms with Gasteiger partial charge >= 0.3 is 0 Å². The van der Waals surface area contributed by atoms with Crippen molar-refractivity contribution >= 4 is 14.7 Å². The molecule has 1 aromatic heterocycles. The number of aryl methyl sites for hydroxylation is 1. The fourth-order valence-electron chi connectivity index (χ4n) is 0.859. The molecule has 0 aliphatic heterocycles. The van der Waals surface area contributed by atoms with Gasteiger partial charge in [-0.1, -0.05) is 16.2 Å².